The molecule has 3 N–H and O–H groups in total. The fourth-order valence-electron chi connectivity index (χ4n) is 0.677. The minimum absolute atomic E-state index is 0.0885. The molecule has 1 aromatic heterocycles. The van der Waals surface area contributed by atoms with Crippen LogP contribution in [0.2, 0.25) is 5.28 Å². The summed E-state index contributed by atoms with van der Waals surface area (Å²) >= 11 is 5.48. The van der Waals surface area contributed by atoms with Crippen LogP contribution in [0.15, 0.2) is 6.20 Å². The molecular formula is C6H8ClFN4. The Balaban J connectivity index is 2.75. The standard InChI is InChI=1S/C6H8ClFN4/c7-6-11-3-4(9)5(12-6)10-2-1-8/h3H,1-2,9H2,(H,10,11,12). The maximum absolute atomic E-state index is 11.7. The topological polar surface area (TPSA) is 63.8 Å². The number of hydrogen-bond acceptors (Lipinski definition) is 4. The summed E-state index contributed by atoms with van der Waals surface area (Å²) < 4.78 is 11.7. The van der Waals surface area contributed by atoms with Crippen molar-refractivity contribution in [2.45, 2.75) is 0 Å². The van der Waals surface area contributed by atoms with Crippen molar-refractivity contribution in [1.29, 1.82) is 0 Å². The Morgan fingerprint density at radius 2 is 2.42 bits per heavy atom. The van der Waals surface area contributed by atoms with E-state index < -0.39 is 6.67 Å². The number of anilines is 2. The Kier molecular flexibility index (Phi) is 3.04. The summed E-state index contributed by atoms with van der Waals surface area (Å²) in [7, 11) is 0. The average molecular weight is 191 g/mol. The summed E-state index contributed by atoms with van der Waals surface area (Å²) in [5.41, 5.74) is 5.82. The number of aromatic nitrogens is 2. The third-order valence-electron chi connectivity index (χ3n) is 1.17. The van der Waals surface area contributed by atoms with Crippen molar-refractivity contribution in [2.75, 3.05) is 24.3 Å². The molecule has 1 aromatic rings. The van der Waals surface area contributed by atoms with E-state index in [1.807, 2.05) is 0 Å². The first-order chi connectivity index (χ1) is 5.74. The van der Waals surface area contributed by atoms with Gasteiger partial charge < -0.3 is 11.1 Å². The zero-order valence-corrected chi connectivity index (χ0v) is 6.98. The maximum atomic E-state index is 11.7. The summed E-state index contributed by atoms with van der Waals surface area (Å²) in [4.78, 5) is 7.40. The van der Waals surface area contributed by atoms with Crippen LogP contribution in [-0.4, -0.2) is 23.2 Å². The van der Waals surface area contributed by atoms with Gasteiger partial charge in [0.25, 0.3) is 0 Å². The monoisotopic (exact) mass is 190 g/mol. The van der Waals surface area contributed by atoms with Gasteiger partial charge in [-0.25, -0.2) is 9.37 Å². The van der Waals surface area contributed by atoms with Gasteiger partial charge in [0, 0.05) is 6.54 Å². The normalized spacial score (nSPS) is 9.83. The van der Waals surface area contributed by atoms with Crippen LogP contribution in [0.25, 0.3) is 0 Å². The van der Waals surface area contributed by atoms with E-state index in [1.165, 1.54) is 6.20 Å². The fraction of sp³-hybridized carbons (Fsp3) is 0.333. The number of nitrogens with two attached hydrogens (primary N) is 1. The van der Waals surface area contributed by atoms with E-state index in [-0.39, 0.29) is 11.8 Å². The lowest BCUT2D eigenvalue weighted by Crippen LogP contribution is -2.07. The Morgan fingerprint density at radius 3 is 3.08 bits per heavy atom. The van der Waals surface area contributed by atoms with Crippen LogP contribution in [0.5, 0.6) is 0 Å². The second-order valence-corrected chi connectivity index (χ2v) is 2.40. The predicted molar refractivity (Wildman–Crippen MR) is 45.9 cm³/mol. The molecule has 4 nitrogen and oxygen atoms in total. The van der Waals surface area contributed by atoms with Gasteiger partial charge in [0.2, 0.25) is 5.28 Å². The van der Waals surface area contributed by atoms with Gasteiger partial charge in [0.1, 0.15) is 6.67 Å². The van der Waals surface area contributed by atoms with Gasteiger partial charge in [-0.15, -0.1) is 0 Å². The van der Waals surface area contributed by atoms with Crippen LogP contribution in [0.3, 0.4) is 0 Å². The van der Waals surface area contributed by atoms with Crippen molar-refractivity contribution >= 4 is 23.1 Å². The molecular weight excluding hydrogens is 183 g/mol. The Morgan fingerprint density at radius 1 is 1.67 bits per heavy atom. The SMILES string of the molecule is Nc1cnc(Cl)nc1NCCF. The molecule has 66 valence electrons. The van der Waals surface area contributed by atoms with E-state index in [9.17, 15) is 4.39 Å². The number of nitrogens with zero attached hydrogens (tertiary/aromatic N) is 2. The molecule has 0 unspecified atom stereocenters. The van der Waals surface area contributed by atoms with E-state index in [0.717, 1.165) is 0 Å². The first kappa shape index (κ1) is 8.99. The molecule has 0 spiro atoms. The number of halogens is 2. The molecule has 0 fully saturated rings. The molecule has 1 rings (SSSR count). The summed E-state index contributed by atoms with van der Waals surface area (Å²) in [6.07, 6.45) is 1.37. The van der Waals surface area contributed by atoms with E-state index in [0.29, 0.717) is 11.5 Å². The van der Waals surface area contributed by atoms with Crippen molar-refractivity contribution in [1.82, 2.24) is 9.97 Å². The molecule has 0 saturated heterocycles. The van der Waals surface area contributed by atoms with Crippen molar-refractivity contribution in [3.05, 3.63) is 11.5 Å². The van der Waals surface area contributed by atoms with Gasteiger partial charge in [-0.05, 0) is 11.6 Å². The predicted octanol–water partition coefficient (Wildman–Crippen LogP) is 1.09. The highest BCUT2D eigenvalue weighted by molar-refractivity contribution is 6.28. The third kappa shape index (κ3) is 2.20. The van der Waals surface area contributed by atoms with Crippen molar-refractivity contribution in [3.8, 4) is 0 Å². The molecule has 0 bridgehead atoms. The molecule has 0 radical (unpaired) electrons. The third-order valence-corrected chi connectivity index (χ3v) is 1.36. The second-order valence-electron chi connectivity index (χ2n) is 2.06. The lowest BCUT2D eigenvalue weighted by atomic mass is 10.5. The number of alkyl halides is 1. The van der Waals surface area contributed by atoms with Gasteiger partial charge in [0.05, 0.1) is 11.9 Å². The minimum Gasteiger partial charge on any atom is -0.394 e. The number of hydrogen-bond donors (Lipinski definition) is 2. The van der Waals surface area contributed by atoms with E-state index in [2.05, 4.69) is 15.3 Å². The molecule has 0 aliphatic carbocycles. The van der Waals surface area contributed by atoms with Crippen LogP contribution in [0.1, 0.15) is 0 Å². The first-order valence-corrected chi connectivity index (χ1v) is 3.69. The summed E-state index contributed by atoms with van der Waals surface area (Å²) in [6.45, 7) is -0.321. The number of nitrogen functional groups attached to an aromatic ring is 1. The molecule has 0 aromatic carbocycles. The van der Waals surface area contributed by atoms with Crippen LogP contribution < -0.4 is 11.1 Å². The molecule has 12 heavy (non-hydrogen) atoms. The fourth-order valence-corrected chi connectivity index (χ4v) is 0.810. The molecule has 6 heteroatoms. The smallest absolute Gasteiger partial charge is 0.224 e. The lowest BCUT2D eigenvalue weighted by Gasteiger charge is -2.04. The Bertz CT molecular complexity index is 268. The summed E-state index contributed by atoms with van der Waals surface area (Å²) in [5.74, 6) is 0.368. The van der Waals surface area contributed by atoms with Crippen molar-refractivity contribution in [3.63, 3.8) is 0 Å². The summed E-state index contributed by atoms with van der Waals surface area (Å²) in [5, 5.41) is 2.76. The van der Waals surface area contributed by atoms with Gasteiger partial charge >= 0.3 is 0 Å². The van der Waals surface area contributed by atoms with Gasteiger partial charge in [-0.1, -0.05) is 0 Å². The molecule has 0 saturated carbocycles. The highest BCUT2D eigenvalue weighted by Crippen LogP contribution is 2.14. The Labute approximate surface area is 74.0 Å². The van der Waals surface area contributed by atoms with Gasteiger partial charge in [-0.3, -0.25) is 0 Å². The highest BCUT2D eigenvalue weighted by Gasteiger charge is 2.00. The van der Waals surface area contributed by atoms with Crippen molar-refractivity contribution < 1.29 is 4.39 Å². The Hall–Kier alpha value is -1.10. The molecule has 0 aliphatic heterocycles. The second kappa shape index (κ2) is 4.06. The molecule has 0 atom stereocenters. The zero-order chi connectivity index (χ0) is 8.97. The van der Waals surface area contributed by atoms with E-state index in [1.54, 1.807) is 0 Å². The van der Waals surface area contributed by atoms with Crippen LogP contribution in [0.4, 0.5) is 15.9 Å². The quantitative estimate of drug-likeness (QED) is 0.701. The number of rotatable bonds is 3. The molecule has 0 aliphatic rings. The lowest BCUT2D eigenvalue weighted by molar-refractivity contribution is 0.512. The van der Waals surface area contributed by atoms with Gasteiger partial charge in [0.15, 0.2) is 5.82 Å². The average Bonchev–Trinajstić information content (AvgIpc) is 2.07. The maximum Gasteiger partial charge on any atom is 0.224 e. The van der Waals surface area contributed by atoms with Crippen LogP contribution in [-0.2, 0) is 0 Å². The van der Waals surface area contributed by atoms with E-state index in [4.69, 9.17) is 17.3 Å². The number of nitrogens with one attached hydrogen (secondary N) is 1. The van der Waals surface area contributed by atoms with Gasteiger partial charge in [-0.2, -0.15) is 4.98 Å². The largest absolute Gasteiger partial charge is 0.394 e. The van der Waals surface area contributed by atoms with E-state index >= 15 is 0 Å². The minimum atomic E-state index is -0.485. The highest BCUT2D eigenvalue weighted by atomic mass is 35.5. The molecule has 1 heterocycles. The molecule has 0 amide bonds. The van der Waals surface area contributed by atoms with Crippen LogP contribution in [0, 0.1) is 0 Å². The first-order valence-electron chi connectivity index (χ1n) is 3.32. The summed E-state index contributed by atoms with van der Waals surface area (Å²) in [6, 6.07) is 0. The van der Waals surface area contributed by atoms with Crippen LogP contribution >= 0.6 is 11.6 Å². The zero-order valence-electron chi connectivity index (χ0n) is 6.22. The van der Waals surface area contributed by atoms with Crippen molar-refractivity contribution in [2.24, 2.45) is 0 Å².